The summed E-state index contributed by atoms with van der Waals surface area (Å²) in [7, 11) is 2.20. The summed E-state index contributed by atoms with van der Waals surface area (Å²) < 4.78 is 0. The van der Waals surface area contributed by atoms with Crippen molar-refractivity contribution in [2.75, 3.05) is 56.5 Å². The van der Waals surface area contributed by atoms with Gasteiger partial charge in [0.15, 0.2) is 5.82 Å². The Bertz CT molecular complexity index is 905. The van der Waals surface area contributed by atoms with Gasteiger partial charge >= 0.3 is 0 Å². The smallest absolute Gasteiger partial charge is 0.235 e. The van der Waals surface area contributed by atoms with Gasteiger partial charge in [0.05, 0.1) is 0 Å². The molecule has 0 atom stereocenters. The monoisotopic (exact) mass is 439 g/mol. The highest BCUT2D eigenvalue weighted by Crippen LogP contribution is 2.27. The first kappa shape index (κ1) is 22.4. The molecule has 0 aliphatic carbocycles. The number of rotatable bonds is 7. The van der Waals surface area contributed by atoms with Crippen molar-refractivity contribution in [1.29, 1.82) is 0 Å². The van der Waals surface area contributed by atoms with Gasteiger partial charge in [-0.15, -0.1) is 0 Å². The van der Waals surface area contributed by atoms with E-state index in [4.69, 9.17) is 0 Å². The zero-order valence-corrected chi connectivity index (χ0v) is 19.0. The molecule has 4 rings (SSSR count). The molecule has 2 aliphatic rings. The number of aromatic nitrogens is 2. The Morgan fingerprint density at radius 2 is 1.72 bits per heavy atom. The molecule has 1 aromatic carbocycles. The summed E-state index contributed by atoms with van der Waals surface area (Å²) in [6.45, 7) is 8.62. The van der Waals surface area contributed by atoms with Gasteiger partial charge in [-0.25, -0.2) is 4.98 Å². The average molecular weight is 440 g/mol. The maximum absolute atomic E-state index is 10.8. The molecule has 3 heterocycles. The number of nitrogens with zero attached hydrogens (tertiary/aromatic N) is 6. The number of anilines is 3. The van der Waals surface area contributed by atoms with E-state index < -0.39 is 0 Å². The van der Waals surface area contributed by atoms with Gasteiger partial charge in [0.25, 0.3) is 0 Å². The third-order valence-corrected chi connectivity index (χ3v) is 6.58. The molecule has 32 heavy (non-hydrogen) atoms. The third kappa shape index (κ3) is 5.16. The van der Waals surface area contributed by atoms with Gasteiger partial charge in [-0.05, 0) is 50.6 Å². The van der Waals surface area contributed by atoms with Crippen molar-refractivity contribution in [2.24, 2.45) is 5.18 Å². The number of piperidine rings is 1. The van der Waals surface area contributed by atoms with Crippen molar-refractivity contribution in [2.45, 2.75) is 38.8 Å². The van der Waals surface area contributed by atoms with Crippen molar-refractivity contribution in [3.8, 4) is 5.88 Å². The summed E-state index contributed by atoms with van der Waals surface area (Å²) >= 11 is 0. The molecule has 1 aromatic heterocycles. The summed E-state index contributed by atoms with van der Waals surface area (Å²) in [5.41, 5.74) is 2.93. The van der Waals surface area contributed by atoms with E-state index in [0.29, 0.717) is 29.7 Å². The van der Waals surface area contributed by atoms with Crippen molar-refractivity contribution >= 4 is 17.2 Å². The Hall–Kier alpha value is -2.78. The van der Waals surface area contributed by atoms with Crippen LogP contribution in [0.3, 0.4) is 0 Å². The molecule has 0 unspecified atom stereocenters. The first-order chi connectivity index (χ1) is 15.6. The van der Waals surface area contributed by atoms with Gasteiger partial charge in [0.1, 0.15) is 17.9 Å². The van der Waals surface area contributed by atoms with Crippen molar-refractivity contribution in [3.63, 3.8) is 0 Å². The maximum atomic E-state index is 10.8. The summed E-state index contributed by atoms with van der Waals surface area (Å²) in [6, 6.07) is 8.88. The van der Waals surface area contributed by atoms with Crippen LogP contribution in [0.5, 0.6) is 5.88 Å². The highest BCUT2D eigenvalue weighted by molar-refractivity contribution is 5.62. The van der Waals surface area contributed by atoms with Crippen LogP contribution in [0.4, 0.5) is 17.2 Å². The second-order valence-electron chi connectivity index (χ2n) is 8.66. The van der Waals surface area contributed by atoms with E-state index in [-0.39, 0.29) is 12.4 Å². The van der Waals surface area contributed by atoms with Crippen LogP contribution in [0.2, 0.25) is 0 Å². The minimum atomic E-state index is -0.121. The minimum Gasteiger partial charge on any atom is -0.492 e. The van der Waals surface area contributed by atoms with E-state index in [1.807, 2.05) is 19.1 Å². The predicted octanol–water partition coefficient (Wildman–Crippen LogP) is 2.97. The quantitative estimate of drug-likeness (QED) is 0.636. The maximum Gasteiger partial charge on any atom is 0.235 e. The van der Waals surface area contributed by atoms with Gasteiger partial charge in [0.2, 0.25) is 5.88 Å². The number of hydrogen-bond acceptors (Lipinski definition) is 9. The van der Waals surface area contributed by atoms with E-state index in [2.05, 4.69) is 54.3 Å². The van der Waals surface area contributed by atoms with E-state index in [0.717, 1.165) is 18.8 Å². The topological polar surface area (TPSA) is 97.2 Å². The SMILES string of the molecule is CCc1nc(CN=O)c(Nc2ccc(N3CCC(N4CCN(C)CC4)CC3)cc2)nc1O. The zero-order valence-electron chi connectivity index (χ0n) is 19.0. The van der Waals surface area contributed by atoms with E-state index in [1.165, 1.54) is 44.7 Å². The fraction of sp³-hybridized carbons (Fsp3) is 0.565. The Morgan fingerprint density at radius 1 is 1.03 bits per heavy atom. The number of aromatic hydroxyl groups is 1. The molecule has 2 fully saturated rings. The molecular weight excluding hydrogens is 406 g/mol. The molecule has 0 bridgehead atoms. The predicted molar refractivity (Wildman–Crippen MR) is 127 cm³/mol. The molecule has 0 saturated carbocycles. The summed E-state index contributed by atoms with van der Waals surface area (Å²) in [5, 5.41) is 16.2. The third-order valence-electron chi connectivity index (χ3n) is 6.58. The number of hydrogen-bond donors (Lipinski definition) is 2. The fourth-order valence-electron chi connectivity index (χ4n) is 4.58. The lowest BCUT2D eigenvalue weighted by atomic mass is 10.0. The lowest BCUT2D eigenvalue weighted by molar-refractivity contribution is 0.0982. The molecule has 9 nitrogen and oxygen atoms in total. The zero-order chi connectivity index (χ0) is 22.5. The summed E-state index contributed by atoms with van der Waals surface area (Å²) in [5.74, 6) is 0.240. The van der Waals surface area contributed by atoms with Gasteiger partial charge in [0, 0.05) is 56.7 Å². The molecular formula is C23H33N7O2. The number of likely N-dealkylation sites (N-methyl/N-ethyl adjacent to an activating group) is 1. The highest BCUT2D eigenvalue weighted by atomic mass is 16.3. The first-order valence-electron chi connectivity index (χ1n) is 11.5. The largest absolute Gasteiger partial charge is 0.492 e. The molecule has 2 N–H and O–H groups in total. The molecule has 2 aliphatic heterocycles. The average Bonchev–Trinajstić information content (AvgIpc) is 2.82. The molecule has 2 aromatic rings. The number of piperazine rings is 1. The Balaban J connectivity index is 1.37. The lowest BCUT2D eigenvalue weighted by Gasteiger charge is -2.42. The van der Waals surface area contributed by atoms with Gasteiger partial charge in [-0.2, -0.15) is 9.89 Å². The summed E-state index contributed by atoms with van der Waals surface area (Å²) in [4.78, 5) is 26.8. The second-order valence-corrected chi connectivity index (χ2v) is 8.66. The number of benzene rings is 1. The van der Waals surface area contributed by atoms with Gasteiger partial charge in [-0.3, -0.25) is 4.90 Å². The van der Waals surface area contributed by atoms with Crippen LogP contribution in [0.15, 0.2) is 29.4 Å². The van der Waals surface area contributed by atoms with E-state index >= 15 is 0 Å². The molecule has 2 saturated heterocycles. The Labute approximate surface area is 189 Å². The Kier molecular flexibility index (Phi) is 7.16. The van der Waals surface area contributed by atoms with Crippen LogP contribution in [0.25, 0.3) is 0 Å². The summed E-state index contributed by atoms with van der Waals surface area (Å²) in [6.07, 6.45) is 2.93. The van der Waals surface area contributed by atoms with Crippen LogP contribution in [-0.4, -0.2) is 77.2 Å². The molecule has 0 amide bonds. The standard InChI is InChI=1S/C23H33N7O2/c1-3-20-23(31)27-22(21(26-20)16-24-32)25-17-4-6-18(7-5-17)29-10-8-19(9-11-29)30-14-12-28(2)13-15-30/h4-7,19H,3,8-16H2,1-2H3,(H2,25,27,31). The molecule has 172 valence electrons. The van der Waals surface area contributed by atoms with Crippen LogP contribution < -0.4 is 10.2 Å². The Morgan fingerprint density at radius 3 is 2.34 bits per heavy atom. The van der Waals surface area contributed by atoms with Crippen LogP contribution >= 0.6 is 0 Å². The van der Waals surface area contributed by atoms with Crippen LogP contribution in [0, 0.1) is 4.91 Å². The van der Waals surface area contributed by atoms with Crippen molar-refractivity contribution in [3.05, 3.63) is 40.6 Å². The van der Waals surface area contributed by atoms with Crippen molar-refractivity contribution in [1.82, 2.24) is 19.8 Å². The normalized spacial score (nSPS) is 18.6. The number of aryl methyl sites for hydroxylation is 1. The van der Waals surface area contributed by atoms with Gasteiger partial charge < -0.3 is 20.2 Å². The number of nitrogens with one attached hydrogen (secondary N) is 1. The highest BCUT2D eigenvalue weighted by Gasteiger charge is 2.26. The van der Waals surface area contributed by atoms with Crippen LogP contribution in [0.1, 0.15) is 31.2 Å². The molecule has 9 heteroatoms. The second kappa shape index (κ2) is 10.2. The molecule has 0 spiro atoms. The lowest BCUT2D eigenvalue weighted by Crippen LogP contribution is -2.52. The number of nitroso groups, excluding NO2 is 1. The van der Waals surface area contributed by atoms with E-state index in [1.54, 1.807) is 0 Å². The van der Waals surface area contributed by atoms with Gasteiger partial charge in [-0.1, -0.05) is 12.1 Å². The van der Waals surface area contributed by atoms with Crippen molar-refractivity contribution < 1.29 is 5.11 Å². The van der Waals surface area contributed by atoms with Crippen LogP contribution in [-0.2, 0) is 13.0 Å². The van der Waals surface area contributed by atoms with E-state index in [9.17, 15) is 10.0 Å². The fourth-order valence-corrected chi connectivity index (χ4v) is 4.58. The molecule has 0 radical (unpaired) electrons. The minimum absolute atomic E-state index is 0.0943. The first-order valence-corrected chi connectivity index (χ1v) is 11.5.